The van der Waals surface area contributed by atoms with Crippen molar-refractivity contribution in [1.29, 1.82) is 0 Å². The van der Waals surface area contributed by atoms with Gasteiger partial charge in [0.25, 0.3) is 0 Å². The van der Waals surface area contributed by atoms with Crippen LogP contribution in [0.2, 0.25) is 0 Å². The molecule has 0 spiro atoms. The molecule has 2 rings (SSSR count). The molecule has 0 aliphatic carbocycles. The lowest BCUT2D eigenvalue weighted by molar-refractivity contribution is 0.564. The third kappa shape index (κ3) is 3.68. The Morgan fingerprint density at radius 2 is 1.82 bits per heavy atom. The van der Waals surface area contributed by atoms with Gasteiger partial charge in [0, 0.05) is 12.2 Å². The van der Waals surface area contributed by atoms with E-state index in [9.17, 15) is 0 Å². The molecule has 0 saturated heterocycles. The molecular formula is C15H18N2. The summed E-state index contributed by atoms with van der Waals surface area (Å²) in [6.07, 6.45) is 2.89. The van der Waals surface area contributed by atoms with Crippen molar-refractivity contribution in [3.63, 3.8) is 0 Å². The molecule has 1 N–H and O–H groups in total. The van der Waals surface area contributed by atoms with E-state index in [-0.39, 0.29) is 0 Å². The van der Waals surface area contributed by atoms with Crippen LogP contribution in [0.25, 0.3) is 0 Å². The zero-order valence-corrected chi connectivity index (χ0v) is 10.1. The third-order valence-electron chi connectivity index (χ3n) is 2.84. The van der Waals surface area contributed by atoms with Gasteiger partial charge in [-0.3, -0.25) is 4.98 Å². The van der Waals surface area contributed by atoms with Crippen LogP contribution in [0.1, 0.15) is 24.2 Å². The van der Waals surface area contributed by atoms with Gasteiger partial charge < -0.3 is 5.32 Å². The second kappa shape index (κ2) is 6.16. The lowest BCUT2D eigenvalue weighted by Gasteiger charge is -2.12. The number of benzene rings is 1. The van der Waals surface area contributed by atoms with Crippen molar-refractivity contribution < 1.29 is 0 Å². The first-order chi connectivity index (χ1) is 8.36. The van der Waals surface area contributed by atoms with E-state index in [4.69, 9.17) is 0 Å². The van der Waals surface area contributed by atoms with Crippen molar-refractivity contribution in [2.24, 2.45) is 0 Å². The summed E-state index contributed by atoms with van der Waals surface area (Å²) in [4.78, 5) is 4.34. The highest BCUT2D eigenvalue weighted by Gasteiger charge is 2.04. The largest absolute Gasteiger partial charge is 0.309 e. The van der Waals surface area contributed by atoms with Gasteiger partial charge in [0.1, 0.15) is 0 Å². The Labute approximate surface area is 103 Å². The van der Waals surface area contributed by atoms with Gasteiger partial charge in [0.15, 0.2) is 0 Å². The van der Waals surface area contributed by atoms with Crippen LogP contribution >= 0.6 is 0 Å². The van der Waals surface area contributed by atoms with Gasteiger partial charge in [0.05, 0.1) is 5.69 Å². The van der Waals surface area contributed by atoms with Crippen molar-refractivity contribution in [3.8, 4) is 0 Å². The van der Waals surface area contributed by atoms with Crippen LogP contribution in [0, 0.1) is 0 Å². The molecule has 0 bridgehead atoms. The Bertz CT molecular complexity index is 425. The summed E-state index contributed by atoms with van der Waals surface area (Å²) in [6.45, 7) is 3.12. The van der Waals surface area contributed by atoms with E-state index in [2.05, 4.69) is 47.6 Å². The lowest BCUT2D eigenvalue weighted by atomic mass is 10.1. The molecule has 0 amide bonds. The highest BCUT2D eigenvalue weighted by molar-refractivity contribution is 5.15. The fourth-order valence-electron chi connectivity index (χ4n) is 1.81. The number of rotatable bonds is 5. The first-order valence-electron chi connectivity index (χ1n) is 6.04. The maximum Gasteiger partial charge on any atom is 0.0570 e. The molecule has 2 heteroatoms. The Morgan fingerprint density at radius 3 is 2.53 bits per heavy atom. The van der Waals surface area contributed by atoms with Crippen molar-refractivity contribution >= 4 is 0 Å². The van der Waals surface area contributed by atoms with E-state index in [1.807, 2.05) is 24.4 Å². The molecule has 1 unspecified atom stereocenters. The van der Waals surface area contributed by atoms with Gasteiger partial charge in [0.2, 0.25) is 0 Å². The Kier molecular flexibility index (Phi) is 4.28. The minimum absolute atomic E-state index is 0.305. The third-order valence-corrected chi connectivity index (χ3v) is 2.84. The van der Waals surface area contributed by atoms with Gasteiger partial charge in [-0.2, -0.15) is 0 Å². The summed E-state index contributed by atoms with van der Waals surface area (Å²) >= 11 is 0. The van der Waals surface area contributed by atoms with Crippen LogP contribution in [-0.2, 0) is 6.42 Å². The molecule has 88 valence electrons. The quantitative estimate of drug-likeness (QED) is 0.847. The highest BCUT2D eigenvalue weighted by Crippen LogP contribution is 2.07. The van der Waals surface area contributed by atoms with Crippen molar-refractivity contribution in [1.82, 2.24) is 10.3 Å². The molecule has 0 saturated carbocycles. The summed E-state index contributed by atoms with van der Waals surface area (Å²) in [5.74, 6) is 0. The zero-order chi connectivity index (χ0) is 11.9. The smallest absolute Gasteiger partial charge is 0.0570 e. The predicted molar refractivity (Wildman–Crippen MR) is 70.8 cm³/mol. The maximum absolute atomic E-state index is 4.34. The number of pyridine rings is 1. The number of nitrogens with one attached hydrogen (secondary N) is 1. The standard InChI is InChI=1S/C15H18N2/c1-13(15-9-5-6-11-17-15)16-12-10-14-7-3-2-4-8-14/h2-9,11,13,16H,10,12H2,1H3. The molecule has 0 aliphatic rings. The zero-order valence-electron chi connectivity index (χ0n) is 10.1. The first-order valence-corrected chi connectivity index (χ1v) is 6.04. The van der Waals surface area contributed by atoms with E-state index >= 15 is 0 Å². The Hall–Kier alpha value is -1.67. The predicted octanol–water partition coefficient (Wildman–Crippen LogP) is 2.97. The number of hydrogen-bond donors (Lipinski definition) is 1. The topological polar surface area (TPSA) is 24.9 Å². The molecule has 1 aromatic heterocycles. The monoisotopic (exact) mass is 226 g/mol. The molecule has 17 heavy (non-hydrogen) atoms. The molecule has 0 fully saturated rings. The minimum Gasteiger partial charge on any atom is -0.309 e. The van der Waals surface area contributed by atoms with E-state index in [0.717, 1.165) is 18.7 Å². The van der Waals surface area contributed by atoms with Crippen LogP contribution in [0.3, 0.4) is 0 Å². The van der Waals surface area contributed by atoms with Crippen LogP contribution in [0.5, 0.6) is 0 Å². The normalized spacial score (nSPS) is 12.3. The molecular weight excluding hydrogens is 208 g/mol. The molecule has 2 aromatic rings. The average Bonchev–Trinajstić information content (AvgIpc) is 2.41. The van der Waals surface area contributed by atoms with Gasteiger partial charge in [-0.1, -0.05) is 36.4 Å². The summed E-state index contributed by atoms with van der Waals surface area (Å²) < 4.78 is 0. The fraction of sp³-hybridized carbons (Fsp3) is 0.267. The van der Waals surface area contributed by atoms with Gasteiger partial charge in [-0.05, 0) is 37.6 Å². The van der Waals surface area contributed by atoms with Crippen LogP contribution < -0.4 is 5.32 Å². The second-order valence-corrected chi connectivity index (χ2v) is 4.17. The maximum atomic E-state index is 4.34. The molecule has 1 atom stereocenters. The SMILES string of the molecule is CC(NCCc1ccccc1)c1ccccn1. The van der Waals surface area contributed by atoms with Crippen LogP contribution in [0.15, 0.2) is 54.7 Å². The van der Waals surface area contributed by atoms with Gasteiger partial charge in [-0.15, -0.1) is 0 Å². The van der Waals surface area contributed by atoms with Crippen molar-refractivity contribution in [2.45, 2.75) is 19.4 Å². The fourth-order valence-corrected chi connectivity index (χ4v) is 1.81. The van der Waals surface area contributed by atoms with Gasteiger partial charge >= 0.3 is 0 Å². The molecule has 1 heterocycles. The molecule has 1 aromatic carbocycles. The van der Waals surface area contributed by atoms with Crippen molar-refractivity contribution in [3.05, 3.63) is 66.0 Å². The van der Waals surface area contributed by atoms with Crippen molar-refractivity contribution in [2.75, 3.05) is 6.54 Å². The first kappa shape index (κ1) is 11.8. The minimum atomic E-state index is 0.305. The Balaban J connectivity index is 1.79. The average molecular weight is 226 g/mol. The lowest BCUT2D eigenvalue weighted by Crippen LogP contribution is -2.22. The van der Waals surface area contributed by atoms with E-state index < -0.39 is 0 Å². The second-order valence-electron chi connectivity index (χ2n) is 4.17. The van der Waals surface area contributed by atoms with E-state index in [0.29, 0.717) is 6.04 Å². The molecule has 0 aliphatic heterocycles. The molecule has 2 nitrogen and oxygen atoms in total. The molecule has 0 radical (unpaired) electrons. The number of aromatic nitrogens is 1. The van der Waals surface area contributed by atoms with Crippen LogP contribution in [0.4, 0.5) is 0 Å². The Morgan fingerprint density at radius 1 is 1.06 bits per heavy atom. The van der Waals surface area contributed by atoms with E-state index in [1.165, 1.54) is 5.56 Å². The number of nitrogens with zero attached hydrogens (tertiary/aromatic N) is 1. The van der Waals surface area contributed by atoms with Gasteiger partial charge in [-0.25, -0.2) is 0 Å². The van der Waals surface area contributed by atoms with E-state index in [1.54, 1.807) is 0 Å². The van der Waals surface area contributed by atoms with Crippen LogP contribution in [-0.4, -0.2) is 11.5 Å². The summed E-state index contributed by atoms with van der Waals surface area (Å²) in [7, 11) is 0. The summed E-state index contributed by atoms with van der Waals surface area (Å²) in [5.41, 5.74) is 2.47. The highest BCUT2D eigenvalue weighted by atomic mass is 14.9. The summed E-state index contributed by atoms with van der Waals surface area (Å²) in [5, 5.41) is 3.48. The summed E-state index contributed by atoms with van der Waals surface area (Å²) in [6, 6.07) is 16.9. The number of hydrogen-bond acceptors (Lipinski definition) is 2.